The monoisotopic (exact) mass is 749 g/mol. The first-order chi connectivity index (χ1) is 25.3. The molecule has 2 heterocycles. The number of hydroxylamine groups is 4. The highest BCUT2D eigenvalue weighted by Crippen LogP contribution is 2.21. The molecule has 2 amide bonds. The number of allylic oxidation sites excluding steroid dienone is 1. The van der Waals surface area contributed by atoms with E-state index in [1.165, 1.54) is 12.1 Å². The second-order valence-corrected chi connectivity index (χ2v) is 13.4. The van der Waals surface area contributed by atoms with Crippen LogP contribution < -0.4 is 10.6 Å². The maximum atomic E-state index is 13.4. The summed E-state index contributed by atoms with van der Waals surface area (Å²) in [7, 11) is 0. The minimum absolute atomic E-state index is 0.0561. The molecule has 3 rings (SSSR count). The van der Waals surface area contributed by atoms with Gasteiger partial charge in [-0.15, -0.1) is 0 Å². The molecule has 0 saturated carbocycles. The van der Waals surface area contributed by atoms with Crippen molar-refractivity contribution in [2.45, 2.75) is 127 Å². The van der Waals surface area contributed by atoms with Gasteiger partial charge < -0.3 is 40.4 Å². The summed E-state index contributed by atoms with van der Waals surface area (Å²) < 4.78 is 11.1. The molecule has 0 spiro atoms. The van der Waals surface area contributed by atoms with Gasteiger partial charge in [0, 0.05) is 25.9 Å². The Balaban J connectivity index is 1.53. The Bertz CT molecular complexity index is 1390. The van der Waals surface area contributed by atoms with Crippen molar-refractivity contribution in [3.05, 3.63) is 42.0 Å². The summed E-state index contributed by atoms with van der Waals surface area (Å²) in [6, 6.07) is 3.42. The van der Waals surface area contributed by atoms with Crippen molar-refractivity contribution in [3.63, 3.8) is 0 Å². The Morgan fingerprint density at radius 2 is 1.87 bits per heavy atom. The highest BCUT2D eigenvalue weighted by Gasteiger charge is 2.33. The Labute approximate surface area is 309 Å². The number of benzene rings is 1. The van der Waals surface area contributed by atoms with Crippen molar-refractivity contribution in [2.75, 3.05) is 19.7 Å². The van der Waals surface area contributed by atoms with Crippen LogP contribution in [-0.2, 0) is 28.7 Å². The van der Waals surface area contributed by atoms with Crippen molar-refractivity contribution in [1.82, 2.24) is 20.8 Å². The Kier molecular flexibility index (Phi) is 18.6. The van der Waals surface area contributed by atoms with Gasteiger partial charge in [0.2, 0.25) is 11.8 Å². The predicted octanol–water partition coefficient (Wildman–Crippen LogP) is 2.18. The molecule has 8 N–H and O–H groups in total. The topological polar surface area (TPSA) is 251 Å². The molecule has 1 aromatic rings. The van der Waals surface area contributed by atoms with E-state index in [0.717, 1.165) is 24.3 Å². The lowest BCUT2D eigenvalue weighted by atomic mass is 10.1. The summed E-state index contributed by atoms with van der Waals surface area (Å²) in [4.78, 5) is 53.9. The summed E-state index contributed by atoms with van der Waals surface area (Å²) in [5, 5.41) is 66.7. The van der Waals surface area contributed by atoms with Crippen LogP contribution >= 0.6 is 0 Å². The number of hydrogen-bond donors (Lipinski definition) is 8. The molecule has 0 bridgehead atoms. The average Bonchev–Trinajstić information content (AvgIpc) is 3.55. The molecule has 17 heteroatoms. The van der Waals surface area contributed by atoms with Crippen LogP contribution in [0.15, 0.2) is 41.4 Å². The number of amides is 2. The van der Waals surface area contributed by atoms with Gasteiger partial charge >= 0.3 is 11.9 Å². The first-order valence-electron chi connectivity index (χ1n) is 18.3. The van der Waals surface area contributed by atoms with E-state index >= 15 is 0 Å². The molecule has 6 atom stereocenters. The average molecular weight is 750 g/mol. The van der Waals surface area contributed by atoms with Crippen LogP contribution in [-0.4, -0.2) is 127 Å². The number of nitrogens with one attached hydrogen (secondary N) is 2. The largest absolute Gasteiger partial charge is 0.507 e. The molecule has 1 fully saturated rings. The second kappa shape index (κ2) is 22.8. The Morgan fingerprint density at radius 1 is 1.11 bits per heavy atom. The molecule has 296 valence electrons. The van der Waals surface area contributed by atoms with Gasteiger partial charge in [-0.3, -0.25) is 24.9 Å². The smallest absolute Gasteiger partial charge is 0.328 e. The summed E-state index contributed by atoms with van der Waals surface area (Å²) in [6.07, 6.45) is 6.19. The first-order valence-corrected chi connectivity index (χ1v) is 18.3. The van der Waals surface area contributed by atoms with Gasteiger partial charge in [0.25, 0.3) is 5.91 Å². The number of aliphatic imine (C=N–C) groups is 1. The zero-order valence-electron chi connectivity index (χ0n) is 30.2. The number of aromatic hydroxyl groups is 1. The predicted molar refractivity (Wildman–Crippen MR) is 190 cm³/mol. The number of aliphatic carboxylic acids is 1. The van der Waals surface area contributed by atoms with E-state index in [1.54, 1.807) is 31.2 Å². The van der Waals surface area contributed by atoms with Crippen LogP contribution in [0.25, 0.3) is 0 Å². The fraction of sp³-hybridized carbons (Fsp3) is 0.639. The third-order valence-electron chi connectivity index (χ3n) is 8.88. The maximum Gasteiger partial charge on any atom is 0.328 e. The minimum Gasteiger partial charge on any atom is -0.507 e. The Hall–Kier alpha value is -4.13. The first kappa shape index (κ1) is 43.3. The number of ether oxygens (including phenoxy) is 2. The van der Waals surface area contributed by atoms with E-state index in [2.05, 4.69) is 15.6 Å². The number of carboxylic acids is 1. The van der Waals surface area contributed by atoms with E-state index in [-0.39, 0.29) is 50.6 Å². The lowest BCUT2D eigenvalue weighted by Crippen LogP contribution is -2.49. The van der Waals surface area contributed by atoms with E-state index in [0.29, 0.717) is 55.6 Å². The molecule has 53 heavy (non-hydrogen) atoms. The van der Waals surface area contributed by atoms with Crippen molar-refractivity contribution in [1.29, 1.82) is 0 Å². The molecule has 2 aliphatic rings. The van der Waals surface area contributed by atoms with Crippen molar-refractivity contribution < 1.29 is 59.5 Å². The number of phenols is 1. The molecule has 0 aromatic heterocycles. The number of phenolic OH excluding ortho intramolecular Hbond substituents is 1. The maximum absolute atomic E-state index is 13.4. The van der Waals surface area contributed by atoms with Gasteiger partial charge in [0.05, 0.1) is 11.6 Å². The van der Waals surface area contributed by atoms with Crippen LogP contribution in [0.2, 0.25) is 0 Å². The third-order valence-corrected chi connectivity index (χ3v) is 8.88. The van der Waals surface area contributed by atoms with Crippen molar-refractivity contribution in [3.8, 4) is 5.75 Å². The number of para-hydroxylation sites is 1. The quantitative estimate of drug-likeness (QED) is 0.0200. The molecule has 0 radical (unpaired) electrons. The molecular formula is C36H55N5O12. The zero-order valence-corrected chi connectivity index (χ0v) is 30.2. The van der Waals surface area contributed by atoms with Crippen LogP contribution in [0.4, 0.5) is 0 Å². The zero-order chi connectivity index (χ0) is 38.8. The number of hydrogen-bond acceptors (Lipinski definition) is 14. The van der Waals surface area contributed by atoms with Gasteiger partial charge in [-0.05, 0) is 82.9 Å². The summed E-state index contributed by atoms with van der Waals surface area (Å²) in [5.74, 6) is -2.74. The molecule has 0 aliphatic carbocycles. The number of aliphatic hydroxyl groups excluding tert-OH is 2. The number of rotatable bonds is 23. The number of esters is 1. The third kappa shape index (κ3) is 15.4. The number of nitrogens with zero attached hydrogens (tertiary/aromatic N) is 3. The van der Waals surface area contributed by atoms with Gasteiger partial charge in [-0.2, -0.15) is 5.06 Å². The van der Waals surface area contributed by atoms with E-state index in [9.17, 15) is 44.9 Å². The van der Waals surface area contributed by atoms with E-state index in [1.807, 2.05) is 0 Å². The summed E-state index contributed by atoms with van der Waals surface area (Å²) in [6.45, 7) is 1.70. The fourth-order valence-corrected chi connectivity index (χ4v) is 5.91. The van der Waals surface area contributed by atoms with Crippen LogP contribution in [0.5, 0.6) is 5.75 Å². The number of carboxylic acid groups (broad SMARTS) is 1. The van der Waals surface area contributed by atoms with Crippen molar-refractivity contribution in [2.24, 2.45) is 4.99 Å². The van der Waals surface area contributed by atoms with Gasteiger partial charge in [0.15, 0.2) is 6.04 Å². The summed E-state index contributed by atoms with van der Waals surface area (Å²) in [5.41, 5.74) is 0.315. The van der Waals surface area contributed by atoms with Gasteiger partial charge in [-0.25, -0.2) is 14.9 Å². The number of carbonyl (C=O) groups is 4. The molecule has 1 unspecified atom stereocenters. The molecule has 1 saturated heterocycles. The van der Waals surface area contributed by atoms with Crippen LogP contribution in [0.1, 0.15) is 96.0 Å². The standard InChI is InChI=1S/C36H55N5O12/c1-24(22-30(43)37-26-15-10-13-21-41(51)35(26)48)53-36(49)27(38-33(47)28-23-52-34(39-28)25-14-8-9-17-29(25)42)16-11-12-20-40(50)31(44)18-6-4-2-3-5-7-19-32(45)46/h6,8-9,14,17-18,24,26-28,30-31,37,42-44,50-51H,2-5,7,10-13,15-16,19-23H2,1H3,(H,38,47)(H,45,46)/b18-6+/t24-,26+,27-,28?,30-,31-/m0/s1. The number of carbonyl (C=O) groups excluding carboxylic acids is 3. The molecule has 17 nitrogen and oxygen atoms in total. The Morgan fingerprint density at radius 3 is 2.62 bits per heavy atom. The fourth-order valence-electron chi connectivity index (χ4n) is 5.91. The van der Waals surface area contributed by atoms with E-state index < -0.39 is 60.4 Å². The second-order valence-electron chi connectivity index (χ2n) is 13.4. The van der Waals surface area contributed by atoms with Crippen LogP contribution in [0, 0.1) is 0 Å². The van der Waals surface area contributed by atoms with Gasteiger partial charge in [-0.1, -0.05) is 31.1 Å². The minimum atomic E-state index is -1.25. The molecule has 1 aromatic carbocycles. The van der Waals surface area contributed by atoms with Gasteiger partial charge in [0.1, 0.15) is 37.0 Å². The number of unbranched alkanes of at least 4 members (excludes halogenated alkanes) is 5. The molecular weight excluding hydrogens is 694 g/mol. The summed E-state index contributed by atoms with van der Waals surface area (Å²) >= 11 is 0. The van der Waals surface area contributed by atoms with E-state index in [4.69, 9.17) is 14.6 Å². The molecule has 2 aliphatic heterocycles. The van der Waals surface area contributed by atoms with Crippen molar-refractivity contribution >= 4 is 29.7 Å². The lowest BCUT2D eigenvalue weighted by molar-refractivity contribution is -0.177. The highest BCUT2D eigenvalue weighted by atomic mass is 16.5. The normalized spacial score (nSPS) is 20.0. The SMILES string of the molecule is C[C@@H](C[C@H](O)N[C@@H]1CCCCN(O)C1=O)OC(=O)[C@H](CCCCN(O)[C@@H](O)/C=C/CCCCCCC(=O)O)NC(=O)C1COC(c2ccccc2O)=N1. The number of aliphatic hydroxyl groups is 2. The highest BCUT2D eigenvalue weighted by molar-refractivity contribution is 6.00. The lowest BCUT2D eigenvalue weighted by Gasteiger charge is -2.25. The van der Waals surface area contributed by atoms with Crippen LogP contribution in [0.3, 0.4) is 0 Å².